The number of rotatable bonds is 12. The first-order valence-electron chi connectivity index (χ1n) is 13.5. The van der Waals surface area contributed by atoms with Crippen molar-refractivity contribution in [2.45, 2.75) is 52.1 Å². The summed E-state index contributed by atoms with van der Waals surface area (Å²) in [5.41, 5.74) is 3.53. The van der Waals surface area contributed by atoms with Gasteiger partial charge in [-0.3, -0.25) is 14.2 Å². The Morgan fingerprint density at radius 2 is 1.63 bits per heavy atom. The summed E-state index contributed by atoms with van der Waals surface area (Å²) in [6.07, 6.45) is 3.96. The van der Waals surface area contributed by atoms with Crippen molar-refractivity contribution < 1.29 is 9.53 Å². The smallest absolute Gasteiger partial charge is 0.261 e. The zero-order valence-electron chi connectivity index (χ0n) is 22.6. The first kappa shape index (κ1) is 27.3. The van der Waals surface area contributed by atoms with E-state index in [2.05, 4.69) is 19.1 Å². The monoisotopic (exact) mass is 511 g/mol. The minimum Gasteiger partial charge on any atom is -0.383 e. The predicted molar refractivity (Wildman–Crippen MR) is 153 cm³/mol. The molecule has 198 valence electrons. The molecular weight excluding hydrogens is 474 g/mol. The Balaban J connectivity index is 1.73. The third-order valence-corrected chi connectivity index (χ3v) is 7.02. The Bertz CT molecular complexity index is 1400. The van der Waals surface area contributed by atoms with Gasteiger partial charge < -0.3 is 9.64 Å². The number of aromatic nitrogens is 2. The topological polar surface area (TPSA) is 64.4 Å². The van der Waals surface area contributed by atoms with Crippen LogP contribution in [0.2, 0.25) is 0 Å². The van der Waals surface area contributed by atoms with Gasteiger partial charge in [-0.2, -0.15) is 0 Å². The van der Waals surface area contributed by atoms with Gasteiger partial charge in [0.2, 0.25) is 0 Å². The summed E-state index contributed by atoms with van der Waals surface area (Å²) < 4.78 is 6.96. The maximum Gasteiger partial charge on any atom is 0.261 e. The van der Waals surface area contributed by atoms with Crippen LogP contribution in [-0.4, -0.2) is 40.6 Å². The number of ether oxygens (including phenoxy) is 1. The Labute approximate surface area is 224 Å². The average molecular weight is 512 g/mol. The molecule has 0 aliphatic heterocycles. The third kappa shape index (κ3) is 6.37. The molecule has 6 nitrogen and oxygen atoms in total. The molecule has 1 aromatic heterocycles. The van der Waals surface area contributed by atoms with Crippen molar-refractivity contribution in [3.05, 3.63) is 112 Å². The number of fused-ring (bicyclic) bond motifs is 1. The van der Waals surface area contributed by atoms with Crippen LogP contribution in [-0.2, 0) is 24.1 Å². The maximum atomic E-state index is 14.0. The Morgan fingerprint density at radius 3 is 2.34 bits per heavy atom. The number of aryl methyl sites for hydroxylation is 1. The lowest BCUT2D eigenvalue weighted by Gasteiger charge is -2.31. The van der Waals surface area contributed by atoms with Crippen molar-refractivity contribution in [2.75, 3.05) is 20.3 Å². The van der Waals surface area contributed by atoms with Gasteiger partial charge >= 0.3 is 0 Å². The van der Waals surface area contributed by atoms with Crippen molar-refractivity contribution in [2.24, 2.45) is 0 Å². The molecule has 38 heavy (non-hydrogen) atoms. The SMILES string of the molecule is CCCCc1ccc(C(=O)N(CCc2ccccc2)C(C)c2nc3ccccc3c(=O)n2CCOC)cc1. The number of para-hydroxylation sites is 1. The maximum absolute atomic E-state index is 14.0. The van der Waals surface area contributed by atoms with Gasteiger partial charge in [-0.05, 0) is 61.6 Å². The second kappa shape index (κ2) is 13.2. The zero-order valence-corrected chi connectivity index (χ0v) is 22.6. The largest absolute Gasteiger partial charge is 0.383 e. The fourth-order valence-corrected chi connectivity index (χ4v) is 4.77. The number of hydrogen-bond acceptors (Lipinski definition) is 4. The molecule has 1 heterocycles. The van der Waals surface area contributed by atoms with Crippen molar-refractivity contribution in [3.63, 3.8) is 0 Å². The summed E-state index contributed by atoms with van der Waals surface area (Å²) >= 11 is 0. The highest BCUT2D eigenvalue weighted by molar-refractivity contribution is 5.94. The van der Waals surface area contributed by atoms with E-state index >= 15 is 0 Å². The van der Waals surface area contributed by atoms with Gasteiger partial charge in [0.1, 0.15) is 5.82 Å². The van der Waals surface area contributed by atoms with Crippen molar-refractivity contribution in [1.29, 1.82) is 0 Å². The fraction of sp³-hybridized carbons (Fsp3) is 0.344. The lowest BCUT2D eigenvalue weighted by atomic mass is 10.0. The first-order valence-corrected chi connectivity index (χ1v) is 13.5. The highest BCUT2D eigenvalue weighted by Gasteiger charge is 2.27. The number of unbranched alkanes of at least 4 members (excludes halogenated alkanes) is 1. The van der Waals surface area contributed by atoms with Crippen LogP contribution in [0.3, 0.4) is 0 Å². The molecule has 0 saturated carbocycles. The summed E-state index contributed by atoms with van der Waals surface area (Å²) in [7, 11) is 1.61. The van der Waals surface area contributed by atoms with Crippen LogP contribution in [0, 0.1) is 0 Å². The van der Waals surface area contributed by atoms with Gasteiger partial charge in [0.15, 0.2) is 0 Å². The molecule has 1 unspecified atom stereocenters. The van der Waals surface area contributed by atoms with Gasteiger partial charge in [-0.1, -0.05) is 67.9 Å². The van der Waals surface area contributed by atoms with Crippen LogP contribution in [0.15, 0.2) is 83.7 Å². The van der Waals surface area contributed by atoms with E-state index in [0.717, 1.165) is 24.8 Å². The molecule has 0 saturated heterocycles. The number of carbonyl (C=O) groups excluding carboxylic acids is 1. The van der Waals surface area contributed by atoms with E-state index in [1.165, 1.54) is 5.56 Å². The van der Waals surface area contributed by atoms with E-state index < -0.39 is 6.04 Å². The first-order chi connectivity index (χ1) is 18.5. The lowest BCUT2D eigenvalue weighted by molar-refractivity contribution is 0.0679. The molecule has 1 atom stereocenters. The Morgan fingerprint density at radius 1 is 0.947 bits per heavy atom. The third-order valence-electron chi connectivity index (χ3n) is 7.02. The number of amides is 1. The quantitative estimate of drug-likeness (QED) is 0.240. The van der Waals surface area contributed by atoms with Gasteiger partial charge in [-0.15, -0.1) is 0 Å². The second-order valence-corrected chi connectivity index (χ2v) is 9.65. The number of methoxy groups -OCH3 is 1. The number of benzene rings is 3. The highest BCUT2D eigenvalue weighted by Crippen LogP contribution is 2.23. The van der Waals surface area contributed by atoms with Gasteiger partial charge in [0.05, 0.1) is 30.1 Å². The Hall–Kier alpha value is -3.77. The molecule has 0 radical (unpaired) electrons. The van der Waals surface area contributed by atoms with Crippen molar-refractivity contribution in [1.82, 2.24) is 14.5 Å². The molecule has 4 aromatic rings. The van der Waals surface area contributed by atoms with E-state index in [0.29, 0.717) is 48.4 Å². The van der Waals surface area contributed by atoms with Crippen LogP contribution in [0.25, 0.3) is 10.9 Å². The van der Waals surface area contributed by atoms with Gasteiger partial charge in [0.25, 0.3) is 11.5 Å². The number of hydrogen-bond donors (Lipinski definition) is 0. The Kier molecular flexibility index (Phi) is 9.44. The van der Waals surface area contributed by atoms with E-state index in [9.17, 15) is 9.59 Å². The molecule has 0 aliphatic rings. The molecule has 0 N–H and O–H groups in total. The normalized spacial score (nSPS) is 12.0. The van der Waals surface area contributed by atoms with Gasteiger partial charge in [0, 0.05) is 19.2 Å². The minimum atomic E-state index is -0.430. The standard InChI is InChI=1S/C32H37N3O3/c1-4-5-11-26-16-18-27(19-17-26)31(36)34(21-20-25-12-7-6-8-13-25)24(2)30-33-29-15-10-9-14-28(29)32(37)35(30)22-23-38-3/h6-10,12-19,24H,4-5,11,20-23H2,1-3H3. The summed E-state index contributed by atoms with van der Waals surface area (Å²) in [4.78, 5) is 34.2. The van der Waals surface area contributed by atoms with E-state index in [1.54, 1.807) is 17.7 Å². The molecule has 0 spiro atoms. The summed E-state index contributed by atoms with van der Waals surface area (Å²) in [5, 5.41) is 0.560. The number of carbonyl (C=O) groups is 1. The van der Waals surface area contributed by atoms with E-state index in [-0.39, 0.29) is 11.5 Å². The highest BCUT2D eigenvalue weighted by atomic mass is 16.5. The molecule has 3 aromatic carbocycles. The van der Waals surface area contributed by atoms with Crippen LogP contribution >= 0.6 is 0 Å². The van der Waals surface area contributed by atoms with Crippen LogP contribution in [0.1, 0.15) is 60.0 Å². The fourth-order valence-electron chi connectivity index (χ4n) is 4.77. The molecule has 0 bridgehead atoms. The summed E-state index contributed by atoms with van der Waals surface area (Å²) in [5.74, 6) is 0.489. The average Bonchev–Trinajstić information content (AvgIpc) is 2.96. The summed E-state index contributed by atoms with van der Waals surface area (Å²) in [6, 6.07) is 25.0. The van der Waals surface area contributed by atoms with Crippen LogP contribution in [0.5, 0.6) is 0 Å². The molecule has 6 heteroatoms. The van der Waals surface area contributed by atoms with Crippen molar-refractivity contribution in [3.8, 4) is 0 Å². The lowest BCUT2D eigenvalue weighted by Crippen LogP contribution is -2.39. The summed E-state index contributed by atoms with van der Waals surface area (Å²) in [6.45, 7) is 5.36. The molecule has 0 aliphatic carbocycles. The van der Waals surface area contributed by atoms with Crippen LogP contribution in [0.4, 0.5) is 0 Å². The van der Waals surface area contributed by atoms with E-state index in [1.807, 2.05) is 72.5 Å². The van der Waals surface area contributed by atoms with Crippen molar-refractivity contribution >= 4 is 16.8 Å². The van der Waals surface area contributed by atoms with Gasteiger partial charge in [-0.25, -0.2) is 4.98 Å². The molecular formula is C32H37N3O3. The predicted octanol–water partition coefficient (Wildman–Crippen LogP) is 5.83. The minimum absolute atomic E-state index is 0.0730. The molecule has 0 fully saturated rings. The van der Waals surface area contributed by atoms with E-state index in [4.69, 9.17) is 9.72 Å². The molecule has 1 amide bonds. The second-order valence-electron chi connectivity index (χ2n) is 9.65. The molecule has 4 rings (SSSR count). The van der Waals surface area contributed by atoms with Crippen LogP contribution < -0.4 is 5.56 Å². The zero-order chi connectivity index (χ0) is 26.9. The number of nitrogens with zero attached hydrogens (tertiary/aromatic N) is 3.